The number of hydrogen-bond donors (Lipinski definition) is 2. The second kappa shape index (κ2) is 10.3. The third-order valence-electron chi connectivity index (χ3n) is 5.25. The van der Waals surface area contributed by atoms with Gasteiger partial charge in [0.05, 0.1) is 30.6 Å². The van der Waals surface area contributed by atoms with Crippen LogP contribution in [0.3, 0.4) is 0 Å². The zero-order valence-electron chi connectivity index (χ0n) is 18.9. The molecule has 10 heteroatoms. The summed E-state index contributed by atoms with van der Waals surface area (Å²) in [5.74, 6) is -0.311. The summed E-state index contributed by atoms with van der Waals surface area (Å²) in [7, 11) is 3.34. The van der Waals surface area contributed by atoms with E-state index in [1.807, 2.05) is 31.2 Å². The van der Waals surface area contributed by atoms with Crippen molar-refractivity contribution in [1.82, 2.24) is 19.6 Å². The third-order valence-corrected chi connectivity index (χ3v) is 5.25. The Hall–Kier alpha value is -3.40. The monoisotopic (exact) mass is 442 g/mol. The molecule has 1 fully saturated rings. The molecule has 0 saturated carbocycles. The van der Waals surface area contributed by atoms with E-state index in [0.717, 1.165) is 5.56 Å². The Morgan fingerprint density at radius 1 is 1.22 bits per heavy atom. The van der Waals surface area contributed by atoms with Crippen LogP contribution in [0.5, 0.6) is 0 Å². The van der Waals surface area contributed by atoms with Gasteiger partial charge in [0.1, 0.15) is 6.61 Å². The van der Waals surface area contributed by atoms with Crippen LogP contribution in [0.25, 0.3) is 0 Å². The zero-order valence-corrected chi connectivity index (χ0v) is 18.9. The number of nitrogens with zero attached hydrogens (tertiary/aromatic N) is 4. The van der Waals surface area contributed by atoms with Gasteiger partial charge in [-0.2, -0.15) is 5.10 Å². The molecule has 2 atom stereocenters. The molecule has 0 unspecified atom stereocenters. The summed E-state index contributed by atoms with van der Waals surface area (Å²) in [6.07, 6.45) is 3.94. The summed E-state index contributed by atoms with van der Waals surface area (Å²) in [5, 5.41) is 10.0. The lowest BCUT2D eigenvalue weighted by atomic mass is 10.2. The van der Waals surface area contributed by atoms with Crippen molar-refractivity contribution in [2.75, 3.05) is 44.5 Å². The fourth-order valence-electron chi connectivity index (χ4n) is 3.63. The molecule has 2 N–H and O–H groups in total. The highest BCUT2D eigenvalue weighted by Gasteiger charge is 2.37. The van der Waals surface area contributed by atoms with Gasteiger partial charge in [-0.1, -0.05) is 12.1 Å². The second-order valence-electron chi connectivity index (χ2n) is 8.19. The average Bonchev–Trinajstić information content (AvgIpc) is 3.34. The van der Waals surface area contributed by atoms with Crippen LogP contribution < -0.4 is 10.6 Å². The highest BCUT2D eigenvalue weighted by molar-refractivity contribution is 5.90. The number of nitrogens with one attached hydrogen (secondary N) is 2. The molecule has 1 aliphatic heterocycles. The number of aryl methyl sites for hydroxylation is 1. The van der Waals surface area contributed by atoms with Crippen LogP contribution in [0.4, 0.5) is 16.2 Å². The lowest BCUT2D eigenvalue weighted by Crippen LogP contribution is -2.41. The number of urea groups is 1. The maximum absolute atomic E-state index is 13.1. The topological polar surface area (TPSA) is 109 Å². The van der Waals surface area contributed by atoms with Gasteiger partial charge < -0.3 is 25.2 Å². The number of carbonyl (C=O) groups excluding carboxylic acids is 3. The van der Waals surface area contributed by atoms with Gasteiger partial charge in [0.2, 0.25) is 11.8 Å². The molecular weight excluding hydrogens is 412 g/mol. The van der Waals surface area contributed by atoms with E-state index in [1.54, 1.807) is 36.1 Å². The zero-order chi connectivity index (χ0) is 23.3. The van der Waals surface area contributed by atoms with Crippen LogP contribution in [0.2, 0.25) is 0 Å². The molecule has 0 aliphatic carbocycles. The van der Waals surface area contributed by atoms with Gasteiger partial charge in [0.15, 0.2) is 0 Å². The van der Waals surface area contributed by atoms with E-state index in [0.29, 0.717) is 24.3 Å². The highest BCUT2D eigenvalue weighted by atomic mass is 16.5. The first-order chi connectivity index (χ1) is 15.2. The molecule has 1 aromatic carbocycles. The fourth-order valence-corrected chi connectivity index (χ4v) is 3.63. The number of likely N-dealkylation sites (tertiary alicyclic amines) is 1. The van der Waals surface area contributed by atoms with Crippen molar-refractivity contribution in [3.05, 3.63) is 42.2 Å². The van der Waals surface area contributed by atoms with E-state index in [1.165, 1.54) is 11.8 Å². The van der Waals surface area contributed by atoms with Crippen molar-refractivity contribution >= 4 is 29.2 Å². The van der Waals surface area contributed by atoms with Crippen molar-refractivity contribution in [1.29, 1.82) is 0 Å². The van der Waals surface area contributed by atoms with Gasteiger partial charge in [-0.25, -0.2) is 4.79 Å². The molecule has 2 heterocycles. The molecule has 0 radical (unpaired) electrons. The van der Waals surface area contributed by atoms with Gasteiger partial charge in [0.25, 0.3) is 0 Å². The standard InChI is InChI=1S/C22H30N6O4/c1-15-6-5-7-17(8-15)25-22(31)27-12-19(28-11-18(10-23-28)24-16(2)29)9-20(27)13-32-14-21(30)26(3)4/h5-8,10-11,19-20H,9,12-14H2,1-4H3,(H,24,29)(H,25,31)/t19-,20-/m0/s1. The molecule has 4 amide bonds. The third kappa shape index (κ3) is 6.07. The van der Waals surface area contributed by atoms with Crippen LogP contribution in [0.15, 0.2) is 36.7 Å². The summed E-state index contributed by atoms with van der Waals surface area (Å²) in [6.45, 7) is 4.01. The Kier molecular flexibility index (Phi) is 7.47. The largest absolute Gasteiger partial charge is 0.369 e. The maximum atomic E-state index is 13.1. The number of amides is 4. The smallest absolute Gasteiger partial charge is 0.322 e. The molecule has 1 saturated heterocycles. The lowest BCUT2D eigenvalue weighted by Gasteiger charge is -2.25. The predicted molar refractivity (Wildman–Crippen MR) is 120 cm³/mol. The second-order valence-corrected chi connectivity index (χ2v) is 8.19. The number of rotatable bonds is 7. The molecule has 10 nitrogen and oxygen atoms in total. The summed E-state index contributed by atoms with van der Waals surface area (Å²) in [5.41, 5.74) is 2.36. The fraction of sp³-hybridized carbons (Fsp3) is 0.455. The quantitative estimate of drug-likeness (QED) is 0.683. The van der Waals surface area contributed by atoms with Crippen LogP contribution in [0.1, 0.15) is 24.9 Å². The van der Waals surface area contributed by atoms with Gasteiger partial charge >= 0.3 is 6.03 Å². The normalized spacial score (nSPS) is 17.8. The molecule has 2 aromatic rings. The number of likely N-dealkylation sites (N-methyl/N-ethyl adjacent to an activating group) is 1. The highest BCUT2D eigenvalue weighted by Crippen LogP contribution is 2.29. The van der Waals surface area contributed by atoms with Crippen LogP contribution in [0, 0.1) is 6.92 Å². The van der Waals surface area contributed by atoms with Crippen molar-refractivity contribution in [2.24, 2.45) is 0 Å². The molecule has 0 spiro atoms. The van der Waals surface area contributed by atoms with Gasteiger partial charge in [-0.3, -0.25) is 14.3 Å². The minimum Gasteiger partial charge on any atom is -0.369 e. The Bertz CT molecular complexity index is 973. The number of aromatic nitrogens is 2. The number of hydrogen-bond acceptors (Lipinski definition) is 5. The minimum atomic E-state index is -0.236. The van der Waals surface area contributed by atoms with Crippen LogP contribution in [-0.2, 0) is 14.3 Å². The summed E-state index contributed by atoms with van der Waals surface area (Å²) in [4.78, 5) is 39.4. The van der Waals surface area contributed by atoms with E-state index in [9.17, 15) is 14.4 Å². The number of anilines is 2. The van der Waals surface area contributed by atoms with Gasteiger partial charge in [-0.15, -0.1) is 0 Å². The van der Waals surface area contributed by atoms with E-state index >= 15 is 0 Å². The predicted octanol–water partition coefficient (Wildman–Crippen LogP) is 2.10. The Morgan fingerprint density at radius 3 is 2.69 bits per heavy atom. The maximum Gasteiger partial charge on any atom is 0.322 e. The van der Waals surface area contributed by atoms with Crippen LogP contribution in [-0.4, -0.2) is 77.3 Å². The van der Waals surface area contributed by atoms with E-state index in [-0.39, 0.29) is 43.1 Å². The average molecular weight is 443 g/mol. The Labute approximate surface area is 187 Å². The van der Waals surface area contributed by atoms with Gasteiger partial charge in [0, 0.05) is 39.4 Å². The summed E-state index contributed by atoms with van der Waals surface area (Å²) < 4.78 is 7.39. The summed E-state index contributed by atoms with van der Waals surface area (Å²) >= 11 is 0. The number of carbonyl (C=O) groups is 3. The Morgan fingerprint density at radius 2 is 2.00 bits per heavy atom. The Balaban J connectivity index is 1.71. The minimum absolute atomic E-state index is 0.0457. The molecule has 1 aromatic heterocycles. The van der Waals surface area contributed by atoms with E-state index < -0.39 is 0 Å². The molecular formula is C22H30N6O4. The molecule has 3 rings (SSSR count). The van der Waals surface area contributed by atoms with Crippen molar-refractivity contribution < 1.29 is 19.1 Å². The molecule has 172 valence electrons. The lowest BCUT2D eigenvalue weighted by molar-refractivity contribution is -0.133. The molecule has 0 bridgehead atoms. The van der Waals surface area contributed by atoms with Crippen molar-refractivity contribution in [2.45, 2.75) is 32.4 Å². The molecule has 32 heavy (non-hydrogen) atoms. The van der Waals surface area contributed by atoms with E-state index in [2.05, 4.69) is 15.7 Å². The van der Waals surface area contributed by atoms with Crippen molar-refractivity contribution in [3.63, 3.8) is 0 Å². The first kappa shape index (κ1) is 23.3. The first-order valence-electron chi connectivity index (χ1n) is 10.5. The van der Waals surface area contributed by atoms with Gasteiger partial charge in [-0.05, 0) is 31.0 Å². The van der Waals surface area contributed by atoms with E-state index in [4.69, 9.17) is 4.74 Å². The molecule has 1 aliphatic rings. The number of ether oxygens (including phenoxy) is 1. The number of benzene rings is 1. The van der Waals surface area contributed by atoms with Crippen molar-refractivity contribution in [3.8, 4) is 0 Å². The summed E-state index contributed by atoms with van der Waals surface area (Å²) in [6, 6.07) is 7.04. The first-order valence-corrected chi connectivity index (χ1v) is 10.5. The van der Waals surface area contributed by atoms with Crippen LogP contribution >= 0.6 is 0 Å². The SMILES string of the molecule is CC(=O)Nc1cnn([C@H]2C[C@@H](COCC(=O)N(C)C)N(C(=O)Nc3cccc(C)c3)C2)c1.